The molecule has 1 aliphatic heterocycles. The first-order valence-electron chi connectivity index (χ1n) is 13.6. The first-order valence-corrected chi connectivity index (χ1v) is 13.6. The van der Waals surface area contributed by atoms with E-state index in [-0.39, 0.29) is 29.9 Å². The number of aryl methyl sites for hydroxylation is 1. The van der Waals surface area contributed by atoms with Crippen LogP contribution in [0.3, 0.4) is 0 Å². The van der Waals surface area contributed by atoms with Crippen LogP contribution in [0.5, 0.6) is 11.5 Å². The minimum atomic E-state index is -0.761. The van der Waals surface area contributed by atoms with Crippen LogP contribution in [0, 0.1) is 17.0 Å². The van der Waals surface area contributed by atoms with Gasteiger partial charge in [-0.05, 0) is 75.1 Å². The van der Waals surface area contributed by atoms with E-state index in [1.807, 2.05) is 18.2 Å². The minimum Gasteiger partial charge on any atom is -0.493 e. The molecule has 2 aliphatic carbocycles. The van der Waals surface area contributed by atoms with E-state index in [1.165, 1.54) is 6.07 Å². The molecule has 0 bridgehead atoms. The SMILES string of the molecule is COc1ccc([C@H]2CC(=O)C3=C(C2)NC(C)=C(C(=O)OC2CCCC2)[C@@H]3c2ccc(C)c([N+](=O)[O-])c2)cc1OC. The summed E-state index contributed by atoms with van der Waals surface area (Å²) in [5.74, 6) is -0.280. The first kappa shape index (κ1) is 27.4. The van der Waals surface area contributed by atoms with Crippen molar-refractivity contribution in [3.63, 3.8) is 0 Å². The second-order valence-corrected chi connectivity index (χ2v) is 10.7. The van der Waals surface area contributed by atoms with Gasteiger partial charge in [0, 0.05) is 40.9 Å². The Hall–Kier alpha value is -4.14. The fourth-order valence-corrected chi connectivity index (χ4v) is 6.21. The van der Waals surface area contributed by atoms with Gasteiger partial charge in [0.1, 0.15) is 6.10 Å². The largest absolute Gasteiger partial charge is 0.493 e. The number of hydrogen-bond donors (Lipinski definition) is 1. The standard InChI is InChI=1S/C31H34N2O7/c1-17-9-10-20(14-24(17)33(36)37)29-28(31(35)40-22-7-5-6-8-22)18(2)32-23-13-21(15-25(34)30(23)29)19-11-12-26(38-3)27(16-19)39-4/h9-12,14,16,21-22,29,32H,5-8,13,15H2,1-4H3/t21-,29+/m1/s1. The third kappa shape index (κ3) is 5.08. The topological polar surface area (TPSA) is 117 Å². The van der Waals surface area contributed by atoms with Crippen molar-refractivity contribution in [2.24, 2.45) is 0 Å². The summed E-state index contributed by atoms with van der Waals surface area (Å²) >= 11 is 0. The zero-order valence-electron chi connectivity index (χ0n) is 23.2. The number of Topliss-reactive ketones (excluding diaryl/α,β-unsaturated/α-hetero) is 1. The first-order chi connectivity index (χ1) is 19.2. The molecule has 0 amide bonds. The summed E-state index contributed by atoms with van der Waals surface area (Å²) in [7, 11) is 3.15. The number of nitrogens with zero attached hydrogens (tertiary/aromatic N) is 1. The molecule has 3 aliphatic rings. The second-order valence-electron chi connectivity index (χ2n) is 10.7. The Balaban J connectivity index is 1.57. The summed E-state index contributed by atoms with van der Waals surface area (Å²) in [6, 6.07) is 10.6. The lowest BCUT2D eigenvalue weighted by Gasteiger charge is -2.37. The van der Waals surface area contributed by atoms with Crippen molar-refractivity contribution in [1.82, 2.24) is 5.32 Å². The molecule has 40 heavy (non-hydrogen) atoms. The van der Waals surface area contributed by atoms with Gasteiger partial charge in [0.25, 0.3) is 5.69 Å². The smallest absolute Gasteiger partial charge is 0.337 e. The Morgan fingerprint density at radius 2 is 1.68 bits per heavy atom. The van der Waals surface area contributed by atoms with Crippen LogP contribution in [0.2, 0.25) is 0 Å². The number of carbonyl (C=O) groups is 2. The molecule has 2 aromatic carbocycles. The number of nitrogens with one attached hydrogen (secondary N) is 1. The van der Waals surface area contributed by atoms with Gasteiger partial charge in [-0.2, -0.15) is 0 Å². The van der Waals surface area contributed by atoms with Crippen LogP contribution in [0.1, 0.15) is 74.0 Å². The van der Waals surface area contributed by atoms with Crippen LogP contribution in [0.25, 0.3) is 0 Å². The van der Waals surface area contributed by atoms with Gasteiger partial charge in [0.2, 0.25) is 0 Å². The Morgan fingerprint density at radius 1 is 0.975 bits per heavy atom. The van der Waals surface area contributed by atoms with Gasteiger partial charge >= 0.3 is 5.97 Å². The van der Waals surface area contributed by atoms with Crippen molar-refractivity contribution in [1.29, 1.82) is 0 Å². The highest BCUT2D eigenvalue weighted by atomic mass is 16.6. The molecule has 0 spiro atoms. The molecular weight excluding hydrogens is 512 g/mol. The summed E-state index contributed by atoms with van der Waals surface area (Å²) in [5, 5.41) is 15.2. The summed E-state index contributed by atoms with van der Waals surface area (Å²) in [5.41, 5.74) is 4.05. The molecule has 1 saturated carbocycles. The van der Waals surface area contributed by atoms with Crippen LogP contribution < -0.4 is 14.8 Å². The van der Waals surface area contributed by atoms with Crippen LogP contribution >= 0.6 is 0 Å². The van der Waals surface area contributed by atoms with Gasteiger partial charge in [-0.15, -0.1) is 0 Å². The molecule has 5 rings (SSSR count). The Morgan fingerprint density at radius 3 is 2.35 bits per heavy atom. The van der Waals surface area contributed by atoms with Gasteiger partial charge in [-0.1, -0.05) is 18.2 Å². The summed E-state index contributed by atoms with van der Waals surface area (Å²) < 4.78 is 16.7. The highest BCUT2D eigenvalue weighted by Gasteiger charge is 2.42. The lowest BCUT2D eigenvalue weighted by atomic mass is 9.71. The summed E-state index contributed by atoms with van der Waals surface area (Å²) in [6.45, 7) is 3.47. The Bertz CT molecular complexity index is 1440. The molecule has 0 aromatic heterocycles. The lowest BCUT2D eigenvalue weighted by molar-refractivity contribution is -0.385. The molecular formula is C31H34N2O7. The molecule has 1 heterocycles. The number of nitro benzene ring substituents is 1. The average molecular weight is 547 g/mol. The number of ketones is 1. The Kier molecular flexibility index (Phi) is 7.65. The number of esters is 1. The van der Waals surface area contributed by atoms with Crippen molar-refractivity contribution >= 4 is 17.4 Å². The van der Waals surface area contributed by atoms with E-state index >= 15 is 0 Å². The van der Waals surface area contributed by atoms with Crippen LogP contribution in [0.15, 0.2) is 58.9 Å². The zero-order chi connectivity index (χ0) is 28.6. The van der Waals surface area contributed by atoms with Gasteiger partial charge in [0.05, 0.1) is 24.7 Å². The highest BCUT2D eigenvalue weighted by Crippen LogP contribution is 2.47. The van der Waals surface area contributed by atoms with Crippen molar-refractivity contribution in [3.8, 4) is 11.5 Å². The fourth-order valence-electron chi connectivity index (χ4n) is 6.21. The molecule has 1 N–H and O–H groups in total. The van der Waals surface area contributed by atoms with E-state index < -0.39 is 16.8 Å². The molecule has 0 radical (unpaired) electrons. The highest BCUT2D eigenvalue weighted by molar-refractivity contribution is 6.04. The van der Waals surface area contributed by atoms with Gasteiger partial charge < -0.3 is 19.5 Å². The maximum absolute atomic E-state index is 13.9. The van der Waals surface area contributed by atoms with Crippen molar-refractivity contribution in [2.45, 2.75) is 70.3 Å². The molecule has 210 valence electrons. The number of rotatable bonds is 7. The van der Waals surface area contributed by atoms with Gasteiger partial charge in [-0.25, -0.2) is 4.79 Å². The van der Waals surface area contributed by atoms with Gasteiger partial charge in [-0.3, -0.25) is 14.9 Å². The monoisotopic (exact) mass is 546 g/mol. The molecule has 9 heteroatoms. The molecule has 9 nitrogen and oxygen atoms in total. The quantitative estimate of drug-likeness (QED) is 0.264. The summed E-state index contributed by atoms with van der Waals surface area (Å²) in [4.78, 5) is 38.9. The molecule has 2 atom stereocenters. The van der Waals surface area contributed by atoms with Crippen molar-refractivity contribution in [3.05, 3.63) is 85.7 Å². The predicted molar refractivity (Wildman–Crippen MR) is 148 cm³/mol. The number of methoxy groups -OCH3 is 2. The van der Waals surface area contributed by atoms with E-state index in [0.717, 1.165) is 36.9 Å². The number of hydrogen-bond acceptors (Lipinski definition) is 8. The third-order valence-corrected chi connectivity index (χ3v) is 8.27. The summed E-state index contributed by atoms with van der Waals surface area (Å²) in [6.07, 6.45) is 4.24. The Labute approximate surface area is 233 Å². The van der Waals surface area contributed by atoms with Crippen LogP contribution in [-0.2, 0) is 14.3 Å². The van der Waals surface area contributed by atoms with Crippen LogP contribution in [0.4, 0.5) is 5.69 Å². The van der Waals surface area contributed by atoms with E-state index in [9.17, 15) is 19.7 Å². The number of benzene rings is 2. The zero-order valence-corrected chi connectivity index (χ0v) is 23.2. The van der Waals surface area contributed by atoms with Gasteiger partial charge in [0.15, 0.2) is 17.3 Å². The minimum absolute atomic E-state index is 0.0502. The maximum atomic E-state index is 13.9. The molecule has 0 saturated heterocycles. The fraction of sp³-hybridized carbons (Fsp3) is 0.419. The third-order valence-electron chi connectivity index (χ3n) is 8.27. The number of carbonyl (C=O) groups excluding carboxylic acids is 2. The van der Waals surface area contributed by atoms with Crippen molar-refractivity contribution in [2.75, 3.05) is 14.2 Å². The van der Waals surface area contributed by atoms with E-state index in [4.69, 9.17) is 14.2 Å². The maximum Gasteiger partial charge on any atom is 0.337 e. The number of allylic oxidation sites excluding steroid dienone is 3. The predicted octanol–water partition coefficient (Wildman–Crippen LogP) is 5.77. The van der Waals surface area contributed by atoms with Crippen molar-refractivity contribution < 1.29 is 28.7 Å². The normalized spacial score (nSPS) is 21.1. The van der Waals surface area contributed by atoms with Crippen LogP contribution in [-0.4, -0.2) is 37.0 Å². The molecule has 0 unspecified atom stereocenters. The van der Waals surface area contributed by atoms with E-state index in [1.54, 1.807) is 40.2 Å². The molecule has 2 aromatic rings. The lowest BCUT2D eigenvalue weighted by Crippen LogP contribution is -2.36. The number of ether oxygens (including phenoxy) is 3. The number of nitro groups is 1. The van der Waals surface area contributed by atoms with E-state index in [0.29, 0.717) is 45.9 Å². The van der Waals surface area contributed by atoms with E-state index in [2.05, 4.69) is 5.32 Å². The number of dihydropyridines is 1. The second kappa shape index (κ2) is 11.2. The molecule has 1 fully saturated rings. The average Bonchev–Trinajstić information content (AvgIpc) is 3.44.